The largest absolute Gasteiger partial charge is 0.347 e. The van der Waals surface area contributed by atoms with E-state index in [9.17, 15) is 10.1 Å². The zero-order valence-electron chi connectivity index (χ0n) is 15.7. The fraction of sp³-hybridized carbons (Fsp3) is 0.579. The molecule has 0 radical (unpaired) electrons. The van der Waals surface area contributed by atoms with Crippen molar-refractivity contribution in [2.45, 2.75) is 66.7 Å². The van der Waals surface area contributed by atoms with E-state index in [0.717, 1.165) is 16.9 Å². The van der Waals surface area contributed by atoms with Crippen LogP contribution in [0.1, 0.15) is 59.1 Å². The van der Waals surface area contributed by atoms with E-state index in [0.29, 0.717) is 12.0 Å². The Balaban J connectivity index is 2.34. The van der Waals surface area contributed by atoms with E-state index in [1.165, 1.54) is 0 Å². The summed E-state index contributed by atoms with van der Waals surface area (Å²) in [6.07, 6.45) is 0.144. The maximum Gasteiger partial charge on any atom is 0.223 e. The van der Waals surface area contributed by atoms with Gasteiger partial charge in [0, 0.05) is 12.0 Å². The molecule has 0 spiro atoms. The number of anilines is 2. The van der Waals surface area contributed by atoms with Crippen molar-refractivity contribution in [3.8, 4) is 6.07 Å². The third kappa shape index (κ3) is 3.81. The van der Waals surface area contributed by atoms with Crippen LogP contribution in [0.15, 0.2) is 12.1 Å². The van der Waals surface area contributed by atoms with Gasteiger partial charge in [-0.15, -0.1) is 0 Å². The van der Waals surface area contributed by atoms with Gasteiger partial charge < -0.3 is 15.5 Å². The first kappa shape index (κ1) is 18.1. The van der Waals surface area contributed by atoms with Crippen LogP contribution in [-0.2, 0) is 4.79 Å². The predicted molar refractivity (Wildman–Crippen MR) is 97.8 cm³/mol. The van der Waals surface area contributed by atoms with E-state index in [1.54, 1.807) is 0 Å². The number of carbonyl (C=O) groups excluding carboxylic acids is 1. The lowest BCUT2D eigenvalue weighted by atomic mass is 9.92. The highest BCUT2D eigenvalue weighted by molar-refractivity contribution is 5.83. The SMILES string of the molecule is Cc1cc2c(cc1C#N)N(C(C)(C)C)C(NC(=O)CC(C)(C)C)N2. The van der Waals surface area contributed by atoms with Crippen molar-refractivity contribution < 1.29 is 4.79 Å². The number of carbonyl (C=O) groups is 1. The van der Waals surface area contributed by atoms with Gasteiger partial charge in [0.2, 0.25) is 5.91 Å². The number of nitrogens with zero attached hydrogens (tertiary/aromatic N) is 2. The van der Waals surface area contributed by atoms with Crippen molar-refractivity contribution in [2.24, 2.45) is 5.41 Å². The third-order valence-corrected chi connectivity index (χ3v) is 3.98. The standard InChI is InChI=1S/C19H28N4O/c1-12-8-14-15(9-13(12)11-20)23(19(5,6)7)17(21-14)22-16(24)10-18(2,3)4/h8-9,17,21H,10H2,1-7H3,(H,22,24). The van der Waals surface area contributed by atoms with E-state index in [-0.39, 0.29) is 23.2 Å². The highest BCUT2D eigenvalue weighted by Crippen LogP contribution is 2.40. The van der Waals surface area contributed by atoms with Gasteiger partial charge in [-0.3, -0.25) is 4.79 Å². The van der Waals surface area contributed by atoms with Crippen molar-refractivity contribution in [3.05, 3.63) is 23.3 Å². The van der Waals surface area contributed by atoms with Gasteiger partial charge in [-0.25, -0.2) is 0 Å². The second-order valence-electron chi connectivity index (χ2n) is 8.69. The summed E-state index contributed by atoms with van der Waals surface area (Å²) in [5.41, 5.74) is 3.21. The van der Waals surface area contributed by atoms with E-state index in [1.807, 2.05) is 39.8 Å². The maximum atomic E-state index is 12.4. The van der Waals surface area contributed by atoms with Crippen LogP contribution in [0, 0.1) is 23.7 Å². The van der Waals surface area contributed by atoms with Crippen molar-refractivity contribution in [3.63, 3.8) is 0 Å². The molecule has 2 N–H and O–H groups in total. The Morgan fingerprint density at radius 2 is 1.92 bits per heavy atom. The molecular weight excluding hydrogens is 300 g/mol. The zero-order valence-corrected chi connectivity index (χ0v) is 15.7. The Hall–Kier alpha value is -2.22. The minimum Gasteiger partial charge on any atom is -0.347 e. The molecule has 0 saturated carbocycles. The molecule has 0 bridgehead atoms. The third-order valence-electron chi connectivity index (χ3n) is 3.98. The molecule has 24 heavy (non-hydrogen) atoms. The van der Waals surface area contributed by atoms with Crippen molar-refractivity contribution >= 4 is 17.3 Å². The van der Waals surface area contributed by atoms with Gasteiger partial charge in [-0.1, -0.05) is 20.8 Å². The van der Waals surface area contributed by atoms with E-state index >= 15 is 0 Å². The van der Waals surface area contributed by atoms with Gasteiger partial charge in [0.05, 0.1) is 23.0 Å². The predicted octanol–water partition coefficient (Wildman–Crippen LogP) is 3.73. The van der Waals surface area contributed by atoms with Gasteiger partial charge in [-0.05, 0) is 50.8 Å². The summed E-state index contributed by atoms with van der Waals surface area (Å²) < 4.78 is 0. The summed E-state index contributed by atoms with van der Waals surface area (Å²) in [6, 6.07) is 6.12. The van der Waals surface area contributed by atoms with Crippen LogP contribution in [0.25, 0.3) is 0 Å². The summed E-state index contributed by atoms with van der Waals surface area (Å²) >= 11 is 0. The number of amides is 1. The number of aryl methyl sites for hydroxylation is 1. The molecule has 1 atom stereocenters. The second-order valence-corrected chi connectivity index (χ2v) is 8.69. The molecule has 0 saturated heterocycles. The van der Waals surface area contributed by atoms with E-state index in [2.05, 4.69) is 42.4 Å². The summed E-state index contributed by atoms with van der Waals surface area (Å²) in [7, 11) is 0. The summed E-state index contributed by atoms with van der Waals surface area (Å²) in [5, 5.41) is 15.8. The molecule has 5 nitrogen and oxygen atoms in total. The Morgan fingerprint density at radius 1 is 1.29 bits per heavy atom. The highest BCUT2D eigenvalue weighted by atomic mass is 16.2. The maximum absolute atomic E-state index is 12.4. The number of nitriles is 1. The quantitative estimate of drug-likeness (QED) is 0.868. The normalized spacial score (nSPS) is 17.1. The van der Waals surface area contributed by atoms with Crippen LogP contribution in [0.3, 0.4) is 0 Å². The molecule has 1 aromatic carbocycles. The molecule has 1 amide bonds. The smallest absolute Gasteiger partial charge is 0.223 e. The van der Waals surface area contributed by atoms with Crippen LogP contribution in [0.5, 0.6) is 0 Å². The number of fused-ring (bicyclic) bond motifs is 1. The topological polar surface area (TPSA) is 68.2 Å². The Labute approximate surface area is 145 Å². The van der Waals surface area contributed by atoms with Crippen LogP contribution in [0.4, 0.5) is 11.4 Å². The first-order valence-electron chi connectivity index (χ1n) is 8.32. The summed E-state index contributed by atoms with van der Waals surface area (Å²) in [5.74, 6) is 0.0132. The minimum atomic E-state index is -0.316. The molecule has 2 rings (SSSR count). The minimum absolute atomic E-state index is 0.0132. The van der Waals surface area contributed by atoms with Crippen molar-refractivity contribution in [1.82, 2.24) is 5.32 Å². The Kier molecular flexibility index (Phi) is 4.54. The summed E-state index contributed by atoms with van der Waals surface area (Å²) in [4.78, 5) is 14.5. The molecule has 1 aliphatic rings. The lowest BCUT2D eigenvalue weighted by Crippen LogP contribution is -2.56. The average molecular weight is 328 g/mol. The van der Waals surface area contributed by atoms with Crippen molar-refractivity contribution in [1.29, 1.82) is 5.26 Å². The lowest BCUT2D eigenvalue weighted by Gasteiger charge is -2.39. The fourth-order valence-corrected chi connectivity index (χ4v) is 3.02. The molecular formula is C19H28N4O. The zero-order chi connectivity index (χ0) is 18.3. The molecule has 0 aliphatic carbocycles. The highest BCUT2D eigenvalue weighted by Gasteiger charge is 2.37. The van der Waals surface area contributed by atoms with Crippen LogP contribution in [-0.4, -0.2) is 17.7 Å². The summed E-state index contributed by atoms with van der Waals surface area (Å²) in [6.45, 7) is 14.4. The van der Waals surface area contributed by atoms with Gasteiger partial charge >= 0.3 is 0 Å². The molecule has 0 aromatic heterocycles. The first-order valence-corrected chi connectivity index (χ1v) is 8.32. The number of rotatable bonds is 2. The average Bonchev–Trinajstić information content (AvgIpc) is 2.71. The molecule has 1 unspecified atom stereocenters. The molecule has 130 valence electrons. The molecule has 1 aromatic rings. The van der Waals surface area contributed by atoms with Crippen LogP contribution in [0.2, 0.25) is 0 Å². The van der Waals surface area contributed by atoms with E-state index in [4.69, 9.17) is 0 Å². The van der Waals surface area contributed by atoms with Gasteiger partial charge in [0.1, 0.15) is 0 Å². The van der Waals surface area contributed by atoms with E-state index < -0.39 is 0 Å². The second kappa shape index (κ2) is 6.01. The molecule has 5 heteroatoms. The number of hydrogen-bond acceptors (Lipinski definition) is 4. The monoisotopic (exact) mass is 328 g/mol. The number of benzene rings is 1. The number of hydrogen-bond donors (Lipinski definition) is 2. The number of nitrogens with one attached hydrogen (secondary N) is 2. The Bertz CT molecular complexity index is 689. The van der Waals surface area contributed by atoms with Crippen molar-refractivity contribution in [2.75, 3.05) is 10.2 Å². The fourth-order valence-electron chi connectivity index (χ4n) is 3.02. The Morgan fingerprint density at radius 3 is 2.42 bits per heavy atom. The van der Waals surface area contributed by atoms with Crippen LogP contribution >= 0.6 is 0 Å². The van der Waals surface area contributed by atoms with Gasteiger partial charge in [0.25, 0.3) is 0 Å². The first-order chi connectivity index (χ1) is 10.9. The van der Waals surface area contributed by atoms with Crippen LogP contribution < -0.4 is 15.5 Å². The lowest BCUT2D eigenvalue weighted by molar-refractivity contribution is -0.123. The molecule has 1 heterocycles. The molecule has 1 aliphatic heterocycles. The van der Waals surface area contributed by atoms with Gasteiger partial charge in [0.15, 0.2) is 6.29 Å². The van der Waals surface area contributed by atoms with Gasteiger partial charge in [-0.2, -0.15) is 5.26 Å². The molecule has 0 fully saturated rings.